The third kappa shape index (κ3) is 1.58. The van der Waals surface area contributed by atoms with E-state index in [2.05, 4.69) is 4.74 Å². The summed E-state index contributed by atoms with van der Waals surface area (Å²) in [6.45, 7) is 1.63. The number of aliphatic hydroxyl groups excluding tert-OH is 1. The topological polar surface area (TPSA) is 46.5 Å². The molecule has 70 valence electrons. The number of hydrogen-bond acceptors (Lipinski definition) is 5. The molecule has 0 aromatic rings. The fourth-order valence-corrected chi connectivity index (χ4v) is 4.09. The van der Waals surface area contributed by atoms with Gasteiger partial charge >= 0.3 is 5.97 Å². The van der Waals surface area contributed by atoms with Crippen molar-refractivity contribution in [3.8, 4) is 0 Å². The number of hydrogen-bond donors (Lipinski definition) is 1. The molecule has 1 rings (SSSR count). The molecule has 0 spiro atoms. The summed E-state index contributed by atoms with van der Waals surface area (Å²) in [4.78, 5) is 11.4. The molecule has 1 N–H and O–H groups in total. The van der Waals surface area contributed by atoms with Crippen LogP contribution in [0.2, 0.25) is 0 Å². The highest BCUT2D eigenvalue weighted by Gasteiger charge is 2.48. The molecule has 1 atom stereocenters. The van der Waals surface area contributed by atoms with Gasteiger partial charge in [0.25, 0.3) is 0 Å². The Morgan fingerprint density at radius 1 is 1.58 bits per heavy atom. The van der Waals surface area contributed by atoms with Crippen molar-refractivity contribution in [2.24, 2.45) is 0 Å². The summed E-state index contributed by atoms with van der Waals surface area (Å²) in [6.07, 6.45) is -0.664. The van der Waals surface area contributed by atoms with E-state index in [-0.39, 0.29) is 5.97 Å². The standard InChI is InChI=1S/C7H12O3S2/c1-5(8)7(6(9)10-2)11-3-4-12-7/h5,8H,3-4H2,1-2H3. The zero-order chi connectivity index (χ0) is 9.19. The molecule has 0 aliphatic carbocycles. The summed E-state index contributed by atoms with van der Waals surface area (Å²) in [5.41, 5.74) is 0. The average Bonchev–Trinajstić information content (AvgIpc) is 2.52. The molecule has 1 unspecified atom stereocenters. The van der Waals surface area contributed by atoms with Gasteiger partial charge in [0.05, 0.1) is 13.2 Å². The maximum atomic E-state index is 11.4. The third-order valence-corrected chi connectivity index (χ3v) is 5.39. The number of methoxy groups -OCH3 is 1. The number of esters is 1. The first-order chi connectivity index (χ1) is 5.63. The number of ether oxygens (including phenoxy) is 1. The SMILES string of the molecule is COC(=O)C1(C(C)O)SCCS1. The van der Waals surface area contributed by atoms with Gasteiger partial charge in [0.2, 0.25) is 0 Å². The van der Waals surface area contributed by atoms with Crippen molar-refractivity contribution < 1.29 is 14.6 Å². The van der Waals surface area contributed by atoms with Crippen LogP contribution in [-0.2, 0) is 9.53 Å². The summed E-state index contributed by atoms with van der Waals surface area (Å²) < 4.78 is 3.89. The Morgan fingerprint density at radius 2 is 2.08 bits per heavy atom. The Bertz CT molecular complexity index is 175. The number of rotatable bonds is 2. The highest BCUT2D eigenvalue weighted by Crippen LogP contribution is 2.47. The first-order valence-corrected chi connectivity index (χ1v) is 5.65. The fourth-order valence-electron chi connectivity index (χ4n) is 1.10. The lowest BCUT2D eigenvalue weighted by Crippen LogP contribution is -2.41. The molecule has 1 aliphatic heterocycles. The van der Waals surface area contributed by atoms with Crippen LogP contribution in [0.1, 0.15) is 6.92 Å². The normalized spacial score (nSPS) is 23.6. The summed E-state index contributed by atoms with van der Waals surface area (Å²) in [7, 11) is 1.35. The number of thioether (sulfide) groups is 2. The van der Waals surface area contributed by atoms with Crippen molar-refractivity contribution in [3.63, 3.8) is 0 Å². The molecule has 0 aromatic carbocycles. The molecule has 3 nitrogen and oxygen atoms in total. The Balaban J connectivity index is 2.78. The smallest absolute Gasteiger partial charge is 0.334 e. The van der Waals surface area contributed by atoms with E-state index in [4.69, 9.17) is 0 Å². The van der Waals surface area contributed by atoms with E-state index in [9.17, 15) is 9.90 Å². The molecular weight excluding hydrogens is 196 g/mol. The molecule has 0 saturated carbocycles. The third-order valence-electron chi connectivity index (χ3n) is 1.74. The molecule has 5 heteroatoms. The molecule has 1 saturated heterocycles. The van der Waals surface area contributed by atoms with Crippen LogP contribution in [0.4, 0.5) is 0 Å². The van der Waals surface area contributed by atoms with E-state index < -0.39 is 10.2 Å². The highest BCUT2D eigenvalue weighted by atomic mass is 32.2. The Morgan fingerprint density at radius 3 is 2.42 bits per heavy atom. The zero-order valence-corrected chi connectivity index (χ0v) is 8.70. The summed E-state index contributed by atoms with van der Waals surface area (Å²) in [5.74, 6) is 1.46. The van der Waals surface area contributed by atoms with Gasteiger partial charge in [0.1, 0.15) is 0 Å². The quantitative estimate of drug-likeness (QED) is 0.677. The number of aliphatic hydroxyl groups is 1. The largest absolute Gasteiger partial charge is 0.467 e. The van der Waals surface area contributed by atoms with Gasteiger partial charge in [-0.05, 0) is 6.92 Å². The lowest BCUT2D eigenvalue weighted by Gasteiger charge is -2.26. The molecule has 0 aromatic heterocycles. The summed E-state index contributed by atoms with van der Waals surface area (Å²) >= 11 is 2.94. The molecule has 1 aliphatic rings. The van der Waals surface area contributed by atoms with Crippen molar-refractivity contribution in [1.29, 1.82) is 0 Å². The van der Waals surface area contributed by atoms with Crippen LogP contribution in [-0.4, -0.2) is 39.9 Å². The van der Waals surface area contributed by atoms with E-state index in [1.165, 1.54) is 30.6 Å². The van der Waals surface area contributed by atoms with Crippen molar-refractivity contribution >= 4 is 29.5 Å². The van der Waals surface area contributed by atoms with Crippen LogP contribution in [0.15, 0.2) is 0 Å². The van der Waals surface area contributed by atoms with Crippen LogP contribution >= 0.6 is 23.5 Å². The van der Waals surface area contributed by atoms with Crippen LogP contribution < -0.4 is 0 Å². The molecular formula is C7H12O3S2. The van der Waals surface area contributed by atoms with Gasteiger partial charge in [0, 0.05) is 11.5 Å². The minimum Gasteiger partial charge on any atom is -0.467 e. The second-order valence-electron chi connectivity index (χ2n) is 2.53. The zero-order valence-electron chi connectivity index (χ0n) is 7.07. The maximum Gasteiger partial charge on any atom is 0.334 e. The van der Waals surface area contributed by atoms with Crippen LogP contribution in [0.3, 0.4) is 0 Å². The fraction of sp³-hybridized carbons (Fsp3) is 0.857. The van der Waals surface area contributed by atoms with Gasteiger partial charge < -0.3 is 9.84 Å². The molecule has 1 heterocycles. The van der Waals surface area contributed by atoms with Crippen molar-refractivity contribution in [1.82, 2.24) is 0 Å². The van der Waals surface area contributed by atoms with Gasteiger partial charge in [-0.2, -0.15) is 0 Å². The first kappa shape index (κ1) is 10.2. The van der Waals surface area contributed by atoms with Crippen LogP contribution in [0.5, 0.6) is 0 Å². The summed E-state index contributed by atoms with van der Waals surface area (Å²) in [5, 5.41) is 9.46. The van der Waals surface area contributed by atoms with E-state index in [0.717, 1.165) is 11.5 Å². The van der Waals surface area contributed by atoms with Crippen molar-refractivity contribution in [3.05, 3.63) is 0 Å². The van der Waals surface area contributed by atoms with E-state index in [1.807, 2.05) is 0 Å². The summed E-state index contributed by atoms with van der Waals surface area (Å²) in [6, 6.07) is 0. The van der Waals surface area contributed by atoms with E-state index in [0.29, 0.717) is 0 Å². The van der Waals surface area contributed by atoms with Crippen molar-refractivity contribution in [2.75, 3.05) is 18.6 Å². The lowest BCUT2D eigenvalue weighted by molar-refractivity contribution is -0.142. The van der Waals surface area contributed by atoms with Gasteiger partial charge in [-0.3, -0.25) is 0 Å². The van der Waals surface area contributed by atoms with Gasteiger partial charge in [0.15, 0.2) is 4.08 Å². The Kier molecular flexibility index (Phi) is 3.31. The highest BCUT2D eigenvalue weighted by molar-refractivity contribution is 8.22. The maximum absolute atomic E-state index is 11.4. The number of carbonyl (C=O) groups excluding carboxylic acids is 1. The molecule has 0 amide bonds. The van der Waals surface area contributed by atoms with Gasteiger partial charge in [-0.15, -0.1) is 23.5 Å². The van der Waals surface area contributed by atoms with Gasteiger partial charge in [-0.1, -0.05) is 0 Å². The van der Waals surface area contributed by atoms with E-state index >= 15 is 0 Å². The van der Waals surface area contributed by atoms with Crippen molar-refractivity contribution in [2.45, 2.75) is 17.1 Å². The van der Waals surface area contributed by atoms with Gasteiger partial charge in [-0.25, -0.2) is 4.79 Å². The van der Waals surface area contributed by atoms with Crippen LogP contribution in [0, 0.1) is 0 Å². The predicted molar refractivity (Wildman–Crippen MR) is 51.3 cm³/mol. The molecule has 1 fully saturated rings. The second kappa shape index (κ2) is 3.89. The first-order valence-electron chi connectivity index (χ1n) is 3.68. The molecule has 0 radical (unpaired) electrons. The lowest BCUT2D eigenvalue weighted by atomic mass is 10.3. The average molecular weight is 208 g/mol. The Hall–Kier alpha value is 0.130. The minimum atomic E-state index is -0.769. The monoisotopic (exact) mass is 208 g/mol. The Labute approximate surface area is 80.2 Å². The molecule has 12 heavy (non-hydrogen) atoms. The van der Waals surface area contributed by atoms with E-state index in [1.54, 1.807) is 6.92 Å². The number of carbonyl (C=O) groups is 1. The van der Waals surface area contributed by atoms with Crippen LogP contribution in [0.25, 0.3) is 0 Å². The molecule has 0 bridgehead atoms. The minimum absolute atomic E-state index is 0.329. The second-order valence-corrected chi connectivity index (χ2v) is 5.47. The predicted octanol–water partition coefficient (Wildman–Crippen LogP) is 0.716.